The van der Waals surface area contributed by atoms with Gasteiger partial charge in [0.05, 0.1) is 0 Å². The Morgan fingerprint density at radius 1 is 1.25 bits per heavy atom. The van der Waals surface area contributed by atoms with E-state index in [9.17, 15) is 8.42 Å². The SMILES string of the molecule is C[C@H](CC1CCCCC1)NS(=O)(=O)N(C)C. The molecular weight excluding hydrogens is 224 g/mol. The summed E-state index contributed by atoms with van der Waals surface area (Å²) in [7, 11) is -0.162. The molecule has 5 heteroatoms. The smallest absolute Gasteiger partial charge is 0.199 e. The molecule has 1 fully saturated rings. The fourth-order valence-corrected chi connectivity index (χ4v) is 3.15. The summed E-state index contributed by atoms with van der Waals surface area (Å²) < 4.78 is 27.1. The zero-order chi connectivity index (χ0) is 12.2. The van der Waals surface area contributed by atoms with Crippen LogP contribution in [0.4, 0.5) is 0 Å². The number of rotatable bonds is 5. The van der Waals surface area contributed by atoms with Crippen LogP contribution in [0, 0.1) is 5.92 Å². The van der Waals surface area contributed by atoms with Crippen molar-refractivity contribution in [3.63, 3.8) is 0 Å². The minimum absolute atomic E-state index is 0.0375. The quantitative estimate of drug-likeness (QED) is 0.805. The standard InChI is InChI=1S/C11H24N2O2S/c1-10(12-16(14,15)13(2)3)9-11-7-5-4-6-8-11/h10-12H,4-9H2,1-3H3/t10-/m1/s1. The van der Waals surface area contributed by atoms with Crippen LogP contribution in [0.25, 0.3) is 0 Å². The maximum absolute atomic E-state index is 11.6. The van der Waals surface area contributed by atoms with Crippen molar-refractivity contribution in [3.05, 3.63) is 0 Å². The second-order valence-electron chi connectivity index (χ2n) is 5.05. The molecule has 0 spiro atoms. The molecule has 0 aromatic rings. The summed E-state index contributed by atoms with van der Waals surface area (Å²) in [6.45, 7) is 1.95. The first-order chi connectivity index (χ1) is 7.42. The van der Waals surface area contributed by atoms with Gasteiger partial charge in [-0.15, -0.1) is 0 Å². The number of hydrogen-bond donors (Lipinski definition) is 1. The van der Waals surface area contributed by atoms with Gasteiger partial charge in [0.2, 0.25) is 0 Å². The second kappa shape index (κ2) is 5.98. The molecule has 0 aliphatic heterocycles. The fraction of sp³-hybridized carbons (Fsp3) is 1.00. The van der Waals surface area contributed by atoms with Crippen molar-refractivity contribution in [3.8, 4) is 0 Å². The van der Waals surface area contributed by atoms with Crippen LogP contribution in [-0.2, 0) is 10.2 Å². The Hall–Kier alpha value is -0.130. The Labute approximate surface area is 99.6 Å². The van der Waals surface area contributed by atoms with E-state index in [0.29, 0.717) is 5.92 Å². The average molecular weight is 248 g/mol. The van der Waals surface area contributed by atoms with Gasteiger partial charge in [-0.25, -0.2) is 0 Å². The largest absolute Gasteiger partial charge is 0.279 e. The van der Waals surface area contributed by atoms with Gasteiger partial charge in [-0.1, -0.05) is 32.1 Å². The van der Waals surface area contributed by atoms with Crippen molar-refractivity contribution in [1.29, 1.82) is 0 Å². The Balaban J connectivity index is 2.37. The molecule has 0 radical (unpaired) electrons. The van der Waals surface area contributed by atoms with Crippen LogP contribution in [0.15, 0.2) is 0 Å². The van der Waals surface area contributed by atoms with Crippen molar-refractivity contribution in [2.24, 2.45) is 5.92 Å². The normalized spacial score (nSPS) is 21.2. The lowest BCUT2D eigenvalue weighted by atomic mass is 9.85. The Morgan fingerprint density at radius 3 is 2.31 bits per heavy atom. The summed E-state index contributed by atoms with van der Waals surface area (Å²) in [6.07, 6.45) is 7.43. The monoisotopic (exact) mass is 248 g/mol. The first-order valence-electron chi connectivity index (χ1n) is 6.11. The molecule has 1 atom stereocenters. The van der Waals surface area contributed by atoms with E-state index in [1.165, 1.54) is 36.4 Å². The summed E-state index contributed by atoms with van der Waals surface area (Å²) in [5, 5.41) is 0. The summed E-state index contributed by atoms with van der Waals surface area (Å²) in [4.78, 5) is 0. The second-order valence-corrected chi connectivity index (χ2v) is 6.96. The molecule has 0 aromatic carbocycles. The number of nitrogens with one attached hydrogen (secondary N) is 1. The molecule has 0 amide bonds. The van der Waals surface area contributed by atoms with Crippen LogP contribution in [0.2, 0.25) is 0 Å². The Bertz CT molecular complexity index is 295. The van der Waals surface area contributed by atoms with Gasteiger partial charge in [0, 0.05) is 20.1 Å². The van der Waals surface area contributed by atoms with Crippen molar-refractivity contribution >= 4 is 10.2 Å². The molecule has 0 unspecified atom stereocenters. The lowest BCUT2D eigenvalue weighted by Crippen LogP contribution is -2.41. The molecular formula is C11H24N2O2S. The minimum atomic E-state index is -3.26. The highest BCUT2D eigenvalue weighted by molar-refractivity contribution is 7.87. The van der Waals surface area contributed by atoms with Gasteiger partial charge in [-0.3, -0.25) is 0 Å². The Kier molecular flexibility index (Phi) is 5.21. The molecule has 1 rings (SSSR count). The van der Waals surface area contributed by atoms with E-state index in [2.05, 4.69) is 4.72 Å². The van der Waals surface area contributed by atoms with Crippen LogP contribution in [0.1, 0.15) is 45.4 Å². The maximum atomic E-state index is 11.6. The molecule has 4 nitrogen and oxygen atoms in total. The first-order valence-corrected chi connectivity index (χ1v) is 7.55. The van der Waals surface area contributed by atoms with Gasteiger partial charge in [-0.05, 0) is 19.3 Å². The van der Waals surface area contributed by atoms with E-state index >= 15 is 0 Å². The molecule has 0 bridgehead atoms. The highest BCUT2D eigenvalue weighted by Gasteiger charge is 2.21. The van der Waals surface area contributed by atoms with Gasteiger partial charge in [0.25, 0.3) is 10.2 Å². The molecule has 1 saturated carbocycles. The average Bonchev–Trinajstić information content (AvgIpc) is 2.17. The van der Waals surface area contributed by atoms with Crippen LogP contribution in [-0.4, -0.2) is 32.9 Å². The predicted molar refractivity (Wildman–Crippen MR) is 66.4 cm³/mol. The molecule has 1 N–H and O–H groups in total. The molecule has 16 heavy (non-hydrogen) atoms. The third-order valence-corrected chi connectivity index (χ3v) is 4.90. The highest BCUT2D eigenvalue weighted by atomic mass is 32.2. The maximum Gasteiger partial charge on any atom is 0.279 e. The van der Waals surface area contributed by atoms with E-state index in [0.717, 1.165) is 6.42 Å². The number of hydrogen-bond acceptors (Lipinski definition) is 2. The fourth-order valence-electron chi connectivity index (χ4n) is 2.33. The third-order valence-electron chi connectivity index (χ3n) is 3.24. The lowest BCUT2D eigenvalue weighted by Gasteiger charge is -2.25. The molecule has 0 heterocycles. The van der Waals surface area contributed by atoms with Crippen LogP contribution < -0.4 is 4.72 Å². The van der Waals surface area contributed by atoms with Gasteiger partial charge < -0.3 is 0 Å². The first kappa shape index (κ1) is 13.9. The van der Waals surface area contributed by atoms with Crippen molar-refractivity contribution in [2.75, 3.05) is 14.1 Å². The Morgan fingerprint density at radius 2 is 1.81 bits per heavy atom. The predicted octanol–water partition coefficient (Wildman–Crippen LogP) is 1.74. The van der Waals surface area contributed by atoms with E-state index in [-0.39, 0.29) is 6.04 Å². The molecule has 0 aromatic heterocycles. The van der Waals surface area contributed by atoms with Gasteiger partial charge in [0.15, 0.2) is 0 Å². The molecule has 1 aliphatic carbocycles. The summed E-state index contributed by atoms with van der Waals surface area (Å²) >= 11 is 0. The topological polar surface area (TPSA) is 49.4 Å². The lowest BCUT2D eigenvalue weighted by molar-refractivity contribution is 0.315. The zero-order valence-corrected chi connectivity index (χ0v) is 11.4. The van der Waals surface area contributed by atoms with E-state index in [4.69, 9.17) is 0 Å². The summed E-state index contributed by atoms with van der Waals surface area (Å²) in [6, 6.07) is 0.0375. The van der Waals surface area contributed by atoms with Crippen LogP contribution in [0.5, 0.6) is 0 Å². The summed E-state index contributed by atoms with van der Waals surface area (Å²) in [5.74, 6) is 0.702. The third kappa shape index (κ3) is 4.39. The van der Waals surface area contributed by atoms with Crippen molar-refractivity contribution in [2.45, 2.75) is 51.5 Å². The molecule has 0 saturated heterocycles. The van der Waals surface area contributed by atoms with Crippen molar-refractivity contribution < 1.29 is 8.42 Å². The van der Waals surface area contributed by atoms with Gasteiger partial charge >= 0.3 is 0 Å². The van der Waals surface area contributed by atoms with E-state index in [1.54, 1.807) is 14.1 Å². The van der Waals surface area contributed by atoms with E-state index < -0.39 is 10.2 Å². The van der Waals surface area contributed by atoms with Crippen LogP contribution >= 0.6 is 0 Å². The summed E-state index contributed by atoms with van der Waals surface area (Å²) in [5.41, 5.74) is 0. The molecule has 1 aliphatic rings. The van der Waals surface area contributed by atoms with Crippen molar-refractivity contribution in [1.82, 2.24) is 9.03 Å². The minimum Gasteiger partial charge on any atom is -0.199 e. The molecule has 96 valence electrons. The highest BCUT2D eigenvalue weighted by Crippen LogP contribution is 2.27. The van der Waals surface area contributed by atoms with Gasteiger partial charge in [-0.2, -0.15) is 17.4 Å². The number of nitrogens with zero attached hydrogens (tertiary/aromatic N) is 1. The van der Waals surface area contributed by atoms with Gasteiger partial charge in [0.1, 0.15) is 0 Å². The van der Waals surface area contributed by atoms with Crippen LogP contribution in [0.3, 0.4) is 0 Å². The zero-order valence-electron chi connectivity index (χ0n) is 10.6. The van der Waals surface area contributed by atoms with E-state index in [1.807, 2.05) is 6.92 Å².